The Morgan fingerprint density at radius 1 is 1.14 bits per heavy atom. The Labute approximate surface area is 127 Å². The topological polar surface area (TPSA) is 35.5 Å². The Morgan fingerprint density at radius 3 is 2.71 bits per heavy atom. The molecule has 5 heteroatoms. The van der Waals surface area contributed by atoms with Crippen LogP contribution in [-0.2, 0) is 0 Å². The molecule has 21 heavy (non-hydrogen) atoms. The molecule has 0 bridgehead atoms. The summed E-state index contributed by atoms with van der Waals surface area (Å²) in [5, 5.41) is 8.18. The van der Waals surface area contributed by atoms with Crippen molar-refractivity contribution in [2.24, 2.45) is 0 Å². The Bertz CT molecular complexity index is 416. The van der Waals surface area contributed by atoms with E-state index >= 15 is 0 Å². The van der Waals surface area contributed by atoms with E-state index in [4.69, 9.17) is 0 Å². The van der Waals surface area contributed by atoms with E-state index in [2.05, 4.69) is 38.0 Å². The van der Waals surface area contributed by atoms with Crippen LogP contribution in [0, 0.1) is 0 Å². The van der Waals surface area contributed by atoms with Gasteiger partial charge in [-0.25, -0.2) is 0 Å². The lowest BCUT2D eigenvalue weighted by Gasteiger charge is -2.37. The summed E-state index contributed by atoms with van der Waals surface area (Å²) in [6.45, 7) is 6.95. The molecule has 1 aromatic heterocycles. The molecular formula is C16H27N5. The van der Waals surface area contributed by atoms with Crippen molar-refractivity contribution in [1.29, 1.82) is 0 Å². The van der Waals surface area contributed by atoms with E-state index < -0.39 is 0 Å². The van der Waals surface area contributed by atoms with Gasteiger partial charge in [-0.05, 0) is 51.5 Å². The standard InChI is InChI=1S/C16H27N5/c1-19-9-3-2-5-15(19)7-10-20-11-13-21(14-12-20)16-6-4-8-17-18-16/h4,6,8,15H,2-3,5,7,9-14H2,1H3/t15-/m1/s1. The van der Waals surface area contributed by atoms with E-state index in [9.17, 15) is 0 Å². The van der Waals surface area contributed by atoms with Crippen LogP contribution in [0.15, 0.2) is 18.3 Å². The Hall–Kier alpha value is -1.20. The number of rotatable bonds is 4. The summed E-state index contributed by atoms with van der Waals surface area (Å²) >= 11 is 0. The average Bonchev–Trinajstić information content (AvgIpc) is 2.55. The van der Waals surface area contributed by atoms with Crippen molar-refractivity contribution >= 4 is 5.82 Å². The van der Waals surface area contributed by atoms with Gasteiger partial charge in [-0.1, -0.05) is 6.42 Å². The van der Waals surface area contributed by atoms with Crippen LogP contribution >= 0.6 is 0 Å². The van der Waals surface area contributed by atoms with Gasteiger partial charge in [0.1, 0.15) is 0 Å². The highest BCUT2D eigenvalue weighted by Gasteiger charge is 2.22. The minimum Gasteiger partial charge on any atom is -0.353 e. The molecule has 116 valence electrons. The largest absolute Gasteiger partial charge is 0.353 e. The zero-order valence-corrected chi connectivity index (χ0v) is 13.1. The van der Waals surface area contributed by atoms with Crippen LogP contribution in [0.4, 0.5) is 5.82 Å². The molecule has 3 rings (SSSR count). The minimum atomic E-state index is 0.803. The summed E-state index contributed by atoms with van der Waals surface area (Å²) in [5.74, 6) is 1.02. The molecule has 0 aromatic carbocycles. The van der Waals surface area contributed by atoms with Gasteiger partial charge in [0, 0.05) is 38.4 Å². The van der Waals surface area contributed by atoms with Crippen LogP contribution in [0.3, 0.4) is 0 Å². The first-order valence-corrected chi connectivity index (χ1v) is 8.28. The number of anilines is 1. The van der Waals surface area contributed by atoms with Crippen molar-refractivity contribution in [2.75, 3.05) is 51.2 Å². The maximum atomic E-state index is 4.21. The predicted octanol–water partition coefficient (Wildman–Crippen LogP) is 1.47. The molecule has 0 aliphatic carbocycles. The summed E-state index contributed by atoms with van der Waals surface area (Å²) < 4.78 is 0. The number of nitrogens with zero attached hydrogens (tertiary/aromatic N) is 5. The van der Waals surface area contributed by atoms with Gasteiger partial charge in [0.25, 0.3) is 0 Å². The summed E-state index contributed by atoms with van der Waals surface area (Å²) in [6.07, 6.45) is 7.23. The zero-order valence-electron chi connectivity index (χ0n) is 13.1. The van der Waals surface area contributed by atoms with Crippen molar-refractivity contribution in [2.45, 2.75) is 31.7 Å². The monoisotopic (exact) mass is 289 g/mol. The second-order valence-electron chi connectivity index (χ2n) is 6.33. The van der Waals surface area contributed by atoms with Gasteiger partial charge in [0.2, 0.25) is 0 Å². The zero-order chi connectivity index (χ0) is 14.5. The van der Waals surface area contributed by atoms with Crippen molar-refractivity contribution in [3.05, 3.63) is 18.3 Å². The van der Waals surface area contributed by atoms with Crippen molar-refractivity contribution in [1.82, 2.24) is 20.0 Å². The maximum absolute atomic E-state index is 4.21. The summed E-state index contributed by atoms with van der Waals surface area (Å²) in [5.41, 5.74) is 0. The molecule has 0 saturated carbocycles. The highest BCUT2D eigenvalue weighted by atomic mass is 15.3. The van der Waals surface area contributed by atoms with E-state index in [0.717, 1.165) is 38.0 Å². The molecule has 0 amide bonds. The van der Waals surface area contributed by atoms with Crippen molar-refractivity contribution in [3.8, 4) is 0 Å². The number of aromatic nitrogens is 2. The molecule has 3 heterocycles. The fraction of sp³-hybridized carbons (Fsp3) is 0.750. The first kappa shape index (κ1) is 14.7. The second kappa shape index (κ2) is 7.18. The van der Waals surface area contributed by atoms with Crippen LogP contribution in [0.1, 0.15) is 25.7 Å². The molecule has 2 aliphatic heterocycles. The number of likely N-dealkylation sites (tertiary alicyclic amines) is 1. The molecule has 2 aliphatic rings. The van der Waals surface area contributed by atoms with Crippen LogP contribution in [0.2, 0.25) is 0 Å². The molecule has 5 nitrogen and oxygen atoms in total. The van der Waals surface area contributed by atoms with Crippen molar-refractivity contribution in [3.63, 3.8) is 0 Å². The molecule has 0 unspecified atom stereocenters. The molecule has 2 saturated heterocycles. The highest BCUT2D eigenvalue weighted by molar-refractivity contribution is 5.36. The van der Waals surface area contributed by atoms with Gasteiger partial charge < -0.3 is 9.80 Å². The summed E-state index contributed by atoms with van der Waals surface area (Å²) in [7, 11) is 2.29. The van der Waals surface area contributed by atoms with Gasteiger partial charge in [0.15, 0.2) is 5.82 Å². The Morgan fingerprint density at radius 2 is 2.00 bits per heavy atom. The third-order valence-electron chi connectivity index (χ3n) is 4.95. The number of hydrogen-bond donors (Lipinski definition) is 0. The van der Waals surface area contributed by atoms with Crippen LogP contribution < -0.4 is 4.90 Å². The summed E-state index contributed by atoms with van der Waals surface area (Å²) in [4.78, 5) is 7.50. The molecule has 1 atom stereocenters. The normalized spacial score (nSPS) is 25.2. The van der Waals surface area contributed by atoms with E-state index in [1.165, 1.54) is 38.8 Å². The van der Waals surface area contributed by atoms with Gasteiger partial charge >= 0.3 is 0 Å². The van der Waals surface area contributed by atoms with E-state index in [-0.39, 0.29) is 0 Å². The molecule has 1 aromatic rings. The maximum Gasteiger partial charge on any atom is 0.151 e. The predicted molar refractivity (Wildman–Crippen MR) is 85.6 cm³/mol. The lowest BCUT2D eigenvalue weighted by Crippen LogP contribution is -2.48. The third-order valence-corrected chi connectivity index (χ3v) is 4.95. The van der Waals surface area contributed by atoms with Crippen LogP contribution in [0.5, 0.6) is 0 Å². The van der Waals surface area contributed by atoms with Crippen molar-refractivity contribution < 1.29 is 0 Å². The highest BCUT2D eigenvalue weighted by Crippen LogP contribution is 2.19. The molecule has 0 spiro atoms. The fourth-order valence-electron chi connectivity index (χ4n) is 3.50. The lowest BCUT2D eigenvalue weighted by molar-refractivity contribution is 0.151. The van der Waals surface area contributed by atoms with Gasteiger partial charge in [0.05, 0.1) is 0 Å². The quantitative estimate of drug-likeness (QED) is 0.839. The van der Waals surface area contributed by atoms with Gasteiger partial charge in [-0.15, -0.1) is 5.10 Å². The Balaban J connectivity index is 1.41. The Kier molecular flexibility index (Phi) is 5.04. The smallest absolute Gasteiger partial charge is 0.151 e. The summed E-state index contributed by atoms with van der Waals surface area (Å²) in [6, 6.07) is 4.82. The SMILES string of the molecule is CN1CCCC[C@@H]1CCN1CCN(c2cccnn2)CC1. The number of piperazine rings is 1. The molecule has 2 fully saturated rings. The minimum absolute atomic E-state index is 0.803. The first-order chi connectivity index (χ1) is 10.3. The van der Waals surface area contributed by atoms with Crippen LogP contribution in [-0.4, -0.2) is 72.4 Å². The molecular weight excluding hydrogens is 262 g/mol. The average molecular weight is 289 g/mol. The lowest BCUT2D eigenvalue weighted by atomic mass is 10.00. The number of hydrogen-bond acceptors (Lipinski definition) is 5. The van der Waals surface area contributed by atoms with E-state index in [1.54, 1.807) is 6.20 Å². The van der Waals surface area contributed by atoms with E-state index in [1.807, 2.05) is 6.07 Å². The first-order valence-electron chi connectivity index (χ1n) is 8.28. The molecule has 0 radical (unpaired) electrons. The van der Waals surface area contributed by atoms with Gasteiger partial charge in [-0.2, -0.15) is 5.10 Å². The third kappa shape index (κ3) is 3.92. The number of piperidine rings is 1. The molecule has 0 N–H and O–H groups in total. The van der Waals surface area contributed by atoms with E-state index in [0.29, 0.717) is 0 Å². The fourth-order valence-corrected chi connectivity index (χ4v) is 3.50. The van der Waals surface area contributed by atoms with Gasteiger partial charge in [-0.3, -0.25) is 4.90 Å². The second-order valence-corrected chi connectivity index (χ2v) is 6.33. The van der Waals surface area contributed by atoms with Crippen LogP contribution in [0.25, 0.3) is 0 Å².